The van der Waals surface area contributed by atoms with E-state index < -0.39 is 24.0 Å². The van der Waals surface area contributed by atoms with E-state index in [4.69, 9.17) is 9.47 Å². The van der Waals surface area contributed by atoms with Gasteiger partial charge in [0.1, 0.15) is 0 Å². The molecule has 2 amide bonds. The van der Waals surface area contributed by atoms with Gasteiger partial charge in [-0.05, 0) is 26.0 Å². The van der Waals surface area contributed by atoms with Crippen LogP contribution in [0.5, 0.6) is 0 Å². The molecule has 1 aromatic carbocycles. The summed E-state index contributed by atoms with van der Waals surface area (Å²) in [5.41, 5.74) is 0.385. The molecule has 10 heteroatoms. The van der Waals surface area contributed by atoms with Crippen molar-refractivity contribution in [3.63, 3.8) is 0 Å². The third-order valence-corrected chi connectivity index (χ3v) is 3.91. The highest BCUT2D eigenvalue weighted by atomic mass is 32.1. The number of amides is 2. The van der Waals surface area contributed by atoms with Gasteiger partial charge in [0.2, 0.25) is 5.13 Å². The number of carbonyl (C=O) groups is 3. The Kier molecular flexibility index (Phi) is 7.03. The van der Waals surface area contributed by atoms with Crippen molar-refractivity contribution >= 4 is 34.4 Å². The molecule has 0 unspecified atom stereocenters. The Morgan fingerprint density at radius 3 is 2.42 bits per heavy atom. The predicted molar refractivity (Wildman–Crippen MR) is 93.8 cm³/mol. The average Bonchev–Trinajstić information content (AvgIpc) is 3.08. The van der Waals surface area contributed by atoms with Crippen molar-refractivity contribution in [2.24, 2.45) is 0 Å². The SMILES string of the molecule is CCOC(=O)Nc1nnc([C@@H](NC(=O)c2ccccc2)C(=O)OCC)s1. The molecule has 26 heavy (non-hydrogen) atoms. The summed E-state index contributed by atoms with van der Waals surface area (Å²) in [5.74, 6) is -1.13. The van der Waals surface area contributed by atoms with Crippen LogP contribution in [-0.2, 0) is 14.3 Å². The Morgan fingerprint density at radius 1 is 1.08 bits per heavy atom. The van der Waals surface area contributed by atoms with Gasteiger partial charge in [-0.2, -0.15) is 0 Å². The first-order valence-corrected chi connectivity index (χ1v) is 8.66. The molecular formula is C16H18N4O5S. The van der Waals surface area contributed by atoms with Crippen LogP contribution in [0.25, 0.3) is 0 Å². The number of ether oxygens (including phenoxy) is 2. The summed E-state index contributed by atoms with van der Waals surface area (Å²) in [4.78, 5) is 36.0. The van der Waals surface area contributed by atoms with Crippen molar-refractivity contribution < 1.29 is 23.9 Å². The molecule has 0 aliphatic carbocycles. The van der Waals surface area contributed by atoms with Gasteiger partial charge in [-0.1, -0.05) is 29.5 Å². The summed E-state index contributed by atoms with van der Waals surface area (Å²) in [5, 5.41) is 12.9. The van der Waals surface area contributed by atoms with Crippen LogP contribution in [0.15, 0.2) is 30.3 Å². The first kappa shape index (κ1) is 19.3. The van der Waals surface area contributed by atoms with Crippen LogP contribution in [0.2, 0.25) is 0 Å². The summed E-state index contributed by atoms with van der Waals surface area (Å²) < 4.78 is 9.75. The number of rotatable bonds is 7. The van der Waals surface area contributed by atoms with E-state index in [0.29, 0.717) is 5.56 Å². The lowest BCUT2D eigenvalue weighted by Gasteiger charge is -2.14. The third-order valence-electron chi connectivity index (χ3n) is 3.01. The lowest BCUT2D eigenvalue weighted by molar-refractivity contribution is -0.145. The van der Waals surface area contributed by atoms with Gasteiger partial charge in [0.25, 0.3) is 5.91 Å². The second kappa shape index (κ2) is 9.47. The first-order chi connectivity index (χ1) is 12.5. The maximum Gasteiger partial charge on any atom is 0.413 e. The van der Waals surface area contributed by atoms with Gasteiger partial charge >= 0.3 is 12.1 Å². The molecule has 0 saturated carbocycles. The molecule has 0 fully saturated rings. The fraction of sp³-hybridized carbons (Fsp3) is 0.312. The summed E-state index contributed by atoms with van der Waals surface area (Å²) in [6, 6.07) is 7.29. The third kappa shape index (κ3) is 5.24. The van der Waals surface area contributed by atoms with E-state index in [-0.39, 0.29) is 23.4 Å². The van der Waals surface area contributed by atoms with Crippen LogP contribution in [0.1, 0.15) is 35.3 Å². The standard InChI is InChI=1S/C16H18N4O5S/c1-3-24-14(22)11(17-12(21)10-8-6-5-7-9-10)13-19-20-15(26-13)18-16(23)25-4-2/h5-9,11H,3-4H2,1-2H3,(H,17,21)(H,18,20,23)/t11-/m1/s1. The van der Waals surface area contributed by atoms with Crippen molar-refractivity contribution in [1.29, 1.82) is 0 Å². The van der Waals surface area contributed by atoms with Gasteiger partial charge in [0, 0.05) is 5.56 Å². The largest absolute Gasteiger partial charge is 0.464 e. The van der Waals surface area contributed by atoms with Gasteiger partial charge in [0.15, 0.2) is 11.0 Å². The maximum atomic E-state index is 12.4. The van der Waals surface area contributed by atoms with Crippen LogP contribution in [0, 0.1) is 0 Å². The number of nitrogens with zero attached hydrogens (tertiary/aromatic N) is 2. The van der Waals surface area contributed by atoms with Gasteiger partial charge < -0.3 is 14.8 Å². The molecule has 138 valence electrons. The number of nitrogens with one attached hydrogen (secondary N) is 2. The van der Waals surface area contributed by atoms with E-state index in [2.05, 4.69) is 20.8 Å². The molecule has 9 nitrogen and oxygen atoms in total. The first-order valence-electron chi connectivity index (χ1n) is 7.84. The quantitative estimate of drug-likeness (QED) is 0.708. The van der Waals surface area contributed by atoms with Crippen LogP contribution < -0.4 is 10.6 Å². The van der Waals surface area contributed by atoms with Crippen molar-refractivity contribution in [3.8, 4) is 0 Å². The molecule has 0 radical (unpaired) electrons. The van der Waals surface area contributed by atoms with E-state index in [0.717, 1.165) is 11.3 Å². The molecule has 1 heterocycles. The van der Waals surface area contributed by atoms with Gasteiger partial charge in [-0.15, -0.1) is 10.2 Å². The lowest BCUT2D eigenvalue weighted by atomic mass is 10.2. The van der Waals surface area contributed by atoms with Gasteiger partial charge in [-0.25, -0.2) is 9.59 Å². The minimum absolute atomic E-state index is 0.140. The summed E-state index contributed by atoms with van der Waals surface area (Å²) in [6.07, 6.45) is -0.684. The molecular weight excluding hydrogens is 360 g/mol. The Bertz CT molecular complexity index is 765. The molecule has 0 spiro atoms. The number of hydrogen-bond donors (Lipinski definition) is 2. The number of hydrogen-bond acceptors (Lipinski definition) is 8. The Balaban J connectivity index is 2.17. The maximum absolute atomic E-state index is 12.4. The Morgan fingerprint density at radius 2 is 1.77 bits per heavy atom. The predicted octanol–water partition coefficient (Wildman–Crippen LogP) is 2.14. The van der Waals surface area contributed by atoms with Crippen molar-refractivity contribution in [3.05, 3.63) is 40.9 Å². The van der Waals surface area contributed by atoms with E-state index in [9.17, 15) is 14.4 Å². The minimum Gasteiger partial charge on any atom is -0.464 e. The number of benzene rings is 1. The molecule has 2 N–H and O–H groups in total. The zero-order valence-corrected chi connectivity index (χ0v) is 15.0. The second-order valence-corrected chi connectivity index (χ2v) is 5.82. The Hall–Kier alpha value is -3.01. The number of esters is 1. The Labute approximate surface area is 153 Å². The van der Waals surface area contributed by atoms with Crippen LogP contribution in [0.3, 0.4) is 0 Å². The molecule has 0 aliphatic heterocycles. The lowest BCUT2D eigenvalue weighted by Crippen LogP contribution is -2.35. The van der Waals surface area contributed by atoms with Crippen molar-refractivity contribution in [2.45, 2.75) is 19.9 Å². The molecule has 1 aromatic heterocycles. The highest BCUT2D eigenvalue weighted by Crippen LogP contribution is 2.23. The number of aromatic nitrogens is 2. The molecule has 0 bridgehead atoms. The molecule has 2 rings (SSSR count). The van der Waals surface area contributed by atoms with E-state index in [1.54, 1.807) is 44.2 Å². The molecule has 0 aliphatic rings. The van der Waals surface area contributed by atoms with Gasteiger partial charge in [0.05, 0.1) is 13.2 Å². The highest BCUT2D eigenvalue weighted by molar-refractivity contribution is 7.15. The fourth-order valence-corrected chi connectivity index (χ4v) is 2.68. The second-order valence-electron chi connectivity index (χ2n) is 4.82. The molecule has 2 aromatic rings. The van der Waals surface area contributed by atoms with E-state index in [1.165, 1.54) is 0 Å². The van der Waals surface area contributed by atoms with E-state index >= 15 is 0 Å². The monoisotopic (exact) mass is 378 g/mol. The zero-order valence-electron chi connectivity index (χ0n) is 14.2. The van der Waals surface area contributed by atoms with Crippen LogP contribution in [-0.4, -0.2) is 41.4 Å². The smallest absolute Gasteiger partial charge is 0.413 e. The van der Waals surface area contributed by atoms with Gasteiger partial charge in [-0.3, -0.25) is 10.1 Å². The van der Waals surface area contributed by atoms with Crippen LogP contribution >= 0.6 is 11.3 Å². The zero-order chi connectivity index (χ0) is 18.9. The summed E-state index contributed by atoms with van der Waals surface area (Å²) >= 11 is 0.937. The van der Waals surface area contributed by atoms with Crippen molar-refractivity contribution in [1.82, 2.24) is 15.5 Å². The van der Waals surface area contributed by atoms with Crippen molar-refractivity contribution in [2.75, 3.05) is 18.5 Å². The highest BCUT2D eigenvalue weighted by Gasteiger charge is 2.28. The molecule has 1 atom stereocenters. The topological polar surface area (TPSA) is 120 Å². The average molecular weight is 378 g/mol. The normalized spacial score (nSPS) is 11.3. The van der Waals surface area contributed by atoms with E-state index in [1.807, 2.05) is 0 Å². The summed E-state index contributed by atoms with van der Waals surface area (Å²) in [7, 11) is 0. The minimum atomic E-state index is -1.14. The fourth-order valence-electron chi connectivity index (χ4n) is 1.91. The number of anilines is 1. The van der Waals surface area contributed by atoms with Crippen LogP contribution in [0.4, 0.5) is 9.93 Å². The number of carbonyl (C=O) groups excluding carboxylic acids is 3. The summed E-state index contributed by atoms with van der Waals surface area (Å²) in [6.45, 7) is 3.67. The molecule has 0 saturated heterocycles.